The van der Waals surface area contributed by atoms with Gasteiger partial charge in [0.05, 0.1) is 18.3 Å². The predicted molar refractivity (Wildman–Crippen MR) is 98.5 cm³/mol. The molecule has 0 aliphatic carbocycles. The minimum atomic E-state index is -1.62. The van der Waals surface area contributed by atoms with Gasteiger partial charge in [0.25, 0.3) is 5.91 Å². The topological polar surface area (TPSA) is 81.1 Å². The summed E-state index contributed by atoms with van der Waals surface area (Å²) in [5.41, 5.74) is -0.318. The predicted octanol–water partition coefficient (Wildman–Crippen LogP) is 1.42. The molecule has 1 fully saturated rings. The second-order valence-corrected chi connectivity index (χ2v) is 7.13. The summed E-state index contributed by atoms with van der Waals surface area (Å²) in [6.45, 7) is 2.44. The third-order valence-electron chi connectivity index (χ3n) is 5.59. The number of hydrogen-bond donors (Lipinski definition) is 2. The number of rotatable bonds is 5. The standard InChI is InChI=1S/C20H26N2O4/c1-14(7-5-11-18(24)22-12-6-8-15(22)13-23)20(26)16-9-3-4-10-17(16)21(2)19(20)25/h3-5,7,9-10,14-15,23,26H,6,8,11-13H2,1-2H3/b7-5+/t14-,15-,20+/m0/s1. The van der Waals surface area contributed by atoms with E-state index >= 15 is 0 Å². The van der Waals surface area contributed by atoms with Gasteiger partial charge in [-0.25, -0.2) is 0 Å². The summed E-state index contributed by atoms with van der Waals surface area (Å²) in [6.07, 6.45) is 5.39. The Kier molecular flexibility index (Phi) is 5.16. The number of anilines is 1. The Hall–Kier alpha value is -2.18. The van der Waals surface area contributed by atoms with E-state index in [1.54, 1.807) is 43.2 Å². The number of likely N-dealkylation sites (tertiary alicyclic amines) is 1. The van der Waals surface area contributed by atoms with Crippen molar-refractivity contribution in [2.45, 2.75) is 37.8 Å². The van der Waals surface area contributed by atoms with Crippen molar-refractivity contribution >= 4 is 17.5 Å². The van der Waals surface area contributed by atoms with Crippen LogP contribution in [0.4, 0.5) is 5.69 Å². The first-order valence-corrected chi connectivity index (χ1v) is 9.08. The van der Waals surface area contributed by atoms with Gasteiger partial charge in [0.15, 0.2) is 5.60 Å². The van der Waals surface area contributed by atoms with E-state index in [2.05, 4.69) is 0 Å². The van der Waals surface area contributed by atoms with Gasteiger partial charge in [0, 0.05) is 31.5 Å². The molecule has 6 heteroatoms. The molecule has 1 saturated heterocycles. The molecule has 1 aromatic carbocycles. The maximum atomic E-state index is 12.7. The van der Waals surface area contributed by atoms with E-state index in [-0.39, 0.29) is 30.9 Å². The Labute approximate surface area is 153 Å². The Morgan fingerprint density at radius 2 is 2.15 bits per heavy atom. The number of amides is 2. The molecule has 3 atom stereocenters. The van der Waals surface area contributed by atoms with Gasteiger partial charge in [-0.15, -0.1) is 0 Å². The van der Waals surface area contributed by atoms with Crippen LogP contribution < -0.4 is 4.90 Å². The van der Waals surface area contributed by atoms with Crippen molar-refractivity contribution in [2.24, 2.45) is 5.92 Å². The third-order valence-corrected chi connectivity index (χ3v) is 5.59. The lowest BCUT2D eigenvalue weighted by atomic mass is 9.83. The van der Waals surface area contributed by atoms with Gasteiger partial charge in [0.1, 0.15) is 0 Å². The molecule has 140 valence electrons. The second-order valence-electron chi connectivity index (χ2n) is 7.13. The first-order valence-electron chi connectivity index (χ1n) is 9.08. The maximum absolute atomic E-state index is 12.7. The van der Waals surface area contributed by atoms with E-state index < -0.39 is 11.5 Å². The van der Waals surface area contributed by atoms with Crippen LogP contribution in [0.5, 0.6) is 0 Å². The molecule has 2 aliphatic heterocycles. The molecule has 0 radical (unpaired) electrons. The average Bonchev–Trinajstić information content (AvgIpc) is 3.21. The smallest absolute Gasteiger partial charge is 0.264 e. The molecule has 3 rings (SSSR count). The van der Waals surface area contributed by atoms with Crippen molar-refractivity contribution in [2.75, 3.05) is 25.1 Å². The fourth-order valence-corrected chi connectivity index (χ4v) is 3.99. The number of nitrogens with zero attached hydrogens (tertiary/aromatic N) is 2. The van der Waals surface area contributed by atoms with Gasteiger partial charge in [-0.2, -0.15) is 0 Å². The van der Waals surface area contributed by atoms with Crippen molar-refractivity contribution in [1.82, 2.24) is 4.90 Å². The van der Waals surface area contributed by atoms with E-state index in [4.69, 9.17) is 0 Å². The van der Waals surface area contributed by atoms with Gasteiger partial charge >= 0.3 is 0 Å². The first-order chi connectivity index (χ1) is 12.4. The molecule has 6 nitrogen and oxygen atoms in total. The van der Waals surface area contributed by atoms with E-state index in [0.717, 1.165) is 12.8 Å². The molecule has 2 N–H and O–H groups in total. The number of carbonyl (C=O) groups is 2. The van der Waals surface area contributed by atoms with Crippen molar-refractivity contribution < 1.29 is 19.8 Å². The van der Waals surface area contributed by atoms with Gasteiger partial charge in [-0.1, -0.05) is 37.3 Å². The molecule has 0 saturated carbocycles. The zero-order valence-electron chi connectivity index (χ0n) is 15.3. The van der Waals surface area contributed by atoms with Crippen LogP contribution in [0.25, 0.3) is 0 Å². The molecule has 0 spiro atoms. The van der Waals surface area contributed by atoms with Crippen LogP contribution >= 0.6 is 0 Å². The number of aliphatic hydroxyl groups excluding tert-OH is 1. The fraction of sp³-hybridized carbons (Fsp3) is 0.500. The second kappa shape index (κ2) is 7.21. The summed E-state index contributed by atoms with van der Waals surface area (Å²) >= 11 is 0. The summed E-state index contributed by atoms with van der Waals surface area (Å²) in [4.78, 5) is 28.2. The summed E-state index contributed by atoms with van der Waals surface area (Å²) in [6, 6.07) is 7.13. The van der Waals surface area contributed by atoms with Gasteiger partial charge in [-0.05, 0) is 18.9 Å². The van der Waals surface area contributed by atoms with Crippen molar-refractivity contribution in [1.29, 1.82) is 0 Å². The van der Waals surface area contributed by atoms with Crippen LogP contribution in [0.2, 0.25) is 0 Å². The Morgan fingerprint density at radius 3 is 2.88 bits per heavy atom. The van der Waals surface area contributed by atoms with E-state index in [1.165, 1.54) is 4.90 Å². The molecule has 0 aromatic heterocycles. The van der Waals surface area contributed by atoms with Crippen LogP contribution in [-0.4, -0.2) is 53.2 Å². The summed E-state index contributed by atoms with van der Waals surface area (Å²) in [5, 5.41) is 20.5. The van der Waals surface area contributed by atoms with Crippen LogP contribution in [0.3, 0.4) is 0 Å². The van der Waals surface area contributed by atoms with Crippen LogP contribution in [0.15, 0.2) is 36.4 Å². The molecule has 1 aromatic rings. The number of hydrogen-bond acceptors (Lipinski definition) is 4. The first kappa shape index (κ1) is 18.6. The number of likely N-dealkylation sites (N-methyl/N-ethyl adjacent to an activating group) is 1. The highest BCUT2D eigenvalue weighted by Crippen LogP contribution is 2.44. The lowest BCUT2D eigenvalue weighted by molar-refractivity contribution is -0.139. The van der Waals surface area contributed by atoms with Crippen molar-refractivity contribution in [3.05, 3.63) is 42.0 Å². The number of fused-ring (bicyclic) bond motifs is 1. The van der Waals surface area contributed by atoms with Crippen LogP contribution in [0, 0.1) is 5.92 Å². The summed E-state index contributed by atoms with van der Waals surface area (Å²) < 4.78 is 0. The molecule has 2 aliphatic rings. The summed E-state index contributed by atoms with van der Waals surface area (Å²) in [7, 11) is 1.65. The Bertz CT molecular complexity index is 732. The van der Waals surface area contributed by atoms with Crippen molar-refractivity contribution in [3.8, 4) is 0 Å². The van der Waals surface area contributed by atoms with Gasteiger partial charge < -0.3 is 20.0 Å². The SMILES string of the molecule is C[C@@H](/C=C/CC(=O)N1CCC[C@H]1CO)[C@]1(O)C(=O)N(C)c2ccccc21. The van der Waals surface area contributed by atoms with Crippen LogP contribution in [0.1, 0.15) is 31.7 Å². The zero-order chi connectivity index (χ0) is 18.9. The molecule has 2 amide bonds. The minimum Gasteiger partial charge on any atom is -0.394 e. The number of carbonyl (C=O) groups excluding carboxylic acids is 2. The Balaban J connectivity index is 1.71. The highest BCUT2D eigenvalue weighted by atomic mass is 16.3. The van der Waals surface area contributed by atoms with Crippen LogP contribution in [-0.2, 0) is 15.2 Å². The fourth-order valence-electron chi connectivity index (χ4n) is 3.99. The van der Waals surface area contributed by atoms with E-state index in [0.29, 0.717) is 17.8 Å². The normalized spacial score (nSPS) is 26.6. The number of benzene rings is 1. The largest absolute Gasteiger partial charge is 0.394 e. The lowest BCUT2D eigenvalue weighted by Gasteiger charge is -2.27. The molecule has 0 bridgehead atoms. The number of aliphatic hydroxyl groups is 2. The van der Waals surface area contributed by atoms with Gasteiger partial charge in [-0.3, -0.25) is 9.59 Å². The monoisotopic (exact) mass is 358 g/mol. The van der Waals surface area contributed by atoms with E-state index in [1.807, 2.05) is 12.1 Å². The average molecular weight is 358 g/mol. The van der Waals surface area contributed by atoms with Gasteiger partial charge in [0.2, 0.25) is 5.91 Å². The Morgan fingerprint density at radius 1 is 1.42 bits per heavy atom. The quantitative estimate of drug-likeness (QED) is 0.780. The minimum absolute atomic E-state index is 0.0107. The molecule has 2 heterocycles. The lowest BCUT2D eigenvalue weighted by Crippen LogP contribution is -2.43. The third kappa shape index (κ3) is 2.93. The summed E-state index contributed by atoms with van der Waals surface area (Å²) in [5.74, 6) is -0.865. The molecule has 26 heavy (non-hydrogen) atoms. The van der Waals surface area contributed by atoms with Crippen molar-refractivity contribution in [3.63, 3.8) is 0 Å². The zero-order valence-corrected chi connectivity index (χ0v) is 15.3. The van der Waals surface area contributed by atoms with E-state index in [9.17, 15) is 19.8 Å². The highest BCUT2D eigenvalue weighted by Gasteiger charge is 2.51. The maximum Gasteiger partial charge on any atom is 0.264 e. The molecular weight excluding hydrogens is 332 g/mol. The number of para-hydroxylation sites is 1. The molecular formula is C20H26N2O4. The molecule has 0 unspecified atom stereocenters. The highest BCUT2D eigenvalue weighted by molar-refractivity contribution is 6.06.